The molecule has 0 unspecified atom stereocenters. The third kappa shape index (κ3) is 2.66. The van der Waals surface area contributed by atoms with Crippen molar-refractivity contribution in [2.24, 2.45) is 5.73 Å². The second-order valence-electron chi connectivity index (χ2n) is 4.55. The zero-order chi connectivity index (χ0) is 13.8. The van der Waals surface area contributed by atoms with Crippen LogP contribution < -0.4 is 20.1 Å². The molecule has 0 radical (unpaired) electrons. The summed E-state index contributed by atoms with van der Waals surface area (Å²) in [5.74, 6) is 1.10. The van der Waals surface area contributed by atoms with E-state index in [0.29, 0.717) is 17.1 Å². The van der Waals surface area contributed by atoms with Gasteiger partial charge in [0.1, 0.15) is 11.5 Å². The van der Waals surface area contributed by atoms with Crippen LogP contribution >= 0.6 is 0 Å². The van der Waals surface area contributed by atoms with E-state index in [2.05, 4.69) is 4.90 Å². The fraction of sp³-hybridized carbons (Fsp3) is 0.500. The zero-order valence-corrected chi connectivity index (χ0v) is 11.4. The van der Waals surface area contributed by atoms with Crippen LogP contribution in [0.15, 0.2) is 12.1 Å². The Balaban J connectivity index is 2.46. The van der Waals surface area contributed by atoms with Gasteiger partial charge in [0.15, 0.2) is 5.78 Å². The van der Waals surface area contributed by atoms with E-state index in [4.69, 9.17) is 15.2 Å². The van der Waals surface area contributed by atoms with E-state index in [1.807, 2.05) is 6.07 Å². The highest BCUT2D eigenvalue weighted by molar-refractivity contribution is 6.01. The summed E-state index contributed by atoms with van der Waals surface area (Å²) >= 11 is 0. The summed E-state index contributed by atoms with van der Waals surface area (Å²) in [6.45, 7) is 1.97. The minimum absolute atomic E-state index is 0.0391. The molecule has 104 valence electrons. The number of anilines is 1. The molecule has 0 atom stereocenters. The maximum atomic E-state index is 11.8. The van der Waals surface area contributed by atoms with Gasteiger partial charge >= 0.3 is 0 Å². The summed E-state index contributed by atoms with van der Waals surface area (Å²) in [4.78, 5) is 14.1. The molecule has 2 N–H and O–H groups in total. The topological polar surface area (TPSA) is 64.8 Å². The van der Waals surface area contributed by atoms with Crippen LogP contribution in [0.2, 0.25) is 0 Å². The number of ether oxygens (including phenoxy) is 2. The number of ketones is 1. The first-order chi connectivity index (χ1) is 9.21. The molecule has 5 heteroatoms. The Morgan fingerprint density at radius 2 is 1.84 bits per heavy atom. The molecule has 0 saturated carbocycles. The smallest absolute Gasteiger partial charge is 0.180 e. The molecule has 0 aromatic heterocycles. The summed E-state index contributed by atoms with van der Waals surface area (Å²) in [5, 5.41) is 0. The van der Waals surface area contributed by atoms with Gasteiger partial charge in [-0.2, -0.15) is 0 Å². The number of benzene rings is 1. The molecular formula is C14H20N2O3. The largest absolute Gasteiger partial charge is 0.496 e. The molecule has 0 spiro atoms. The Kier molecular flexibility index (Phi) is 4.27. The number of hydrogen-bond acceptors (Lipinski definition) is 5. The third-order valence-electron chi connectivity index (χ3n) is 3.43. The van der Waals surface area contributed by atoms with Crippen LogP contribution in [0, 0.1) is 0 Å². The van der Waals surface area contributed by atoms with Gasteiger partial charge in [-0.25, -0.2) is 0 Å². The number of nitrogens with zero attached hydrogens (tertiary/aromatic N) is 1. The molecule has 1 saturated heterocycles. The maximum Gasteiger partial charge on any atom is 0.180 e. The second kappa shape index (κ2) is 5.93. The van der Waals surface area contributed by atoms with Crippen LogP contribution in [0.1, 0.15) is 23.2 Å². The molecule has 5 nitrogen and oxygen atoms in total. The van der Waals surface area contributed by atoms with Crippen molar-refractivity contribution in [3.05, 3.63) is 17.7 Å². The van der Waals surface area contributed by atoms with Crippen molar-refractivity contribution in [3.8, 4) is 11.5 Å². The lowest BCUT2D eigenvalue weighted by molar-refractivity contribution is 0.0998. The average Bonchev–Trinajstić information content (AvgIpc) is 2.98. The highest BCUT2D eigenvalue weighted by Crippen LogP contribution is 2.37. The van der Waals surface area contributed by atoms with Crippen molar-refractivity contribution in [1.82, 2.24) is 0 Å². The Labute approximate surface area is 113 Å². The van der Waals surface area contributed by atoms with E-state index < -0.39 is 0 Å². The van der Waals surface area contributed by atoms with Crippen molar-refractivity contribution in [2.45, 2.75) is 12.8 Å². The average molecular weight is 264 g/mol. The number of nitrogens with two attached hydrogens (primary N) is 1. The van der Waals surface area contributed by atoms with Crippen molar-refractivity contribution in [2.75, 3.05) is 38.8 Å². The van der Waals surface area contributed by atoms with Crippen LogP contribution in [0.4, 0.5) is 5.69 Å². The van der Waals surface area contributed by atoms with Crippen LogP contribution in [0.5, 0.6) is 11.5 Å². The van der Waals surface area contributed by atoms with Gasteiger partial charge in [-0.05, 0) is 18.9 Å². The molecular weight excluding hydrogens is 244 g/mol. The third-order valence-corrected chi connectivity index (χ3v) is 3.43. The van der Waals surface area contributed by atoms with E-state index >= 15 is 0 Å². The molecule has 0 amide bonds. The second-order valence-corrected chi connectivity index (χ2v) is 4.55. The van der Waals surface area contributed by atoms with Crippen molar-refractivity contribution < 1.29 is 14.3 Å². The van der Waals surface area contributed by atoms with Gasteiger partial charge in [0, 0.05) is 19.2 Å². The minimum atomic E-state index is -0.150. The minimum Gasteiger partial charge on any atom is -0.496 e. The number of methoxy groups -OCH3 is 2. The quantitative estimate of drug-likeness (QED) is 0.815. The molecule has 2 rings (SSSR count). The molecule has 1 aliphatic rings. The van der Waals surface area contributed by atoms with Gasteiger partial charge in [-0.1, -0.05) is 0 Å². The van der Waals surface area contributed by atoms with Crippen LogP contribution in [0.25, 0.3) is 0 Å². The lowest BCUT2D eigenvalue weighted by Crippen LogP contribution is -2.20. The summed E-state index contributed by atoms with van der Waals surface area (Å²) in [7, 11) is 3.17. The Bertz CT molecular complexity index is 468. The van der Waals surface area contributed by atoms with Crippen LogP contribution in [-0.4, -0.2) is 39.6 Å². The monoisotopic (exact) mass is 264 g/mol. The highest BCUT2D eigenvalue weighted by Gasteiger charge is 2.21. The Hall–Kier alpha value is -1.75. The van der Waals surface area contributed by atoms with Crippen molar-refractivity contribution >= 4 is 11.5 Å². The highest BCUT2D eigenvalue weighted by atomic mass is 16.5. The lowest BCUT2D eigenvalue weighted by atomic mass is 10.1. The lowest BCUT2D eigenvalue weighted by Gasteiger charge is -2.22. The maximum absolute atomic E-state index is 11.8. The van der Waals surface area contributed by atoms with Gasteiger partial charge in [-0.15, -0.1) is 0 Å². The van der Waals surface area contributed by atoms with Gasteiger partial charge < -0.3 is 20.1 Å². The SMILES string of the molecule is COc1cc(N2CCCC2)c(OC)cc1C(=O)CN. The number of rotatable bonds is 5. The number of carbonyl (C=O) groups excluding carboxylic acids is 1. The first-order valence-electron chi connectivity index (χ1n) is 6.45. The predicted molar refractivity (Wildman–Crippen MR) is 74.4 cm³/mol. The van der Waals surface area contributed by atoms with Gasteiger partial charge in [0.25, 0.3) is 0 Å². The normalized spacial score (nSPS) is 14.6. The van der Waals surface area contributed by atoms with E-state index in [0.717, 1.165) is 18.8 Å². The Morgan fingerprint density at radius 1 is 1.21 bits per heavy atom. The fourth-order valence-corrected chi connectivity index (χ4v) is 2.41. The van der Waals surface area contributed by atoms with Crippen molar-refractivity contribution in [3.63, 3.8) is 0 Å². The van der Waals surface area contributed by atoms with E-state index in [9.17, 15) is 4.79 Å². The molecule has 1 aromatic rings. The van der Waals surface area contributed by atoms with E-state index in [-0.39, 0.29) is 12.3 Å². The van der Waals surface area contributed by atoms with Crippen LogP contribution in [0.3, 0.4) is 0 Å². The summed E-state index contributed by atoms with van der Waals surface area (Å²) in [6.07, 6.45) is 2.35. The molecule has 1 aromatic carbocycles. The Morgan fingerprint density at radius 3 is 2.37 bits per heavy atom. The number of Topliss-reactive ketones (excluding diaryl/α,β-unsaturated/α-hetero) is 1. The summed E-state index contributed by atoms with van der Waals surface area (Å²) < 4.78 is 10.7. The first-order valence-corrected chi connectivity index (χ1v) is 6.45. The van der Waals surface area contributed by atoms with E-state index in [1.165, 1.54) is 12.8 Å². The van der Waals surface area contributed by atoms with Gasteiger partial charge in [0.05, 0.1) is 32.0 Å². The van der Waals surface area contributed by atoms with Gasteiger partial charge in [-0.3, -0.25) is 4.79 Å². The number of hydrogen-bond donors (Lipinski definition) is 1. The van der Waals surface area contributed by atoms with Crippen LogP contribution in [-0.2, 0) is 0 Å². The summed E-state index contributed by atoms with van der Waals surface area (Å²) in [6, 6.07) is 3.59. The molecule has 1 heterocycles. The van der Waals surface area contributed by atoms with E-state index in [1.54, 1.807) is 20.3 Å². The molecule has 1 fully saturated rings. The first kappa shape index (κ1) is 13.7. The predicted octanol–water partition coefficient (Wildman–Crippen LogP) is 1.45. The van der Waals surface area contributed by atoms with Gasteiger partial charge in [0.2, 0.25) is 0 Å². The zero-order valence-electron chi connectivity index (χ0n) is 11.4. The molecule has 0 aliphatic carbocycles. The summed E-state index contributed by atoms with van der Waals surface area (Å²) in [5.41, 5.74) is 6.88. The standard InChI is InChI=1S/C14H20N2O3/c1-18-13-8-11(16-5-3-4-6-16)14(19-2)7-10(13)12(17)9-15/h7-8H,3-6,9,15H2,1-2H3. The molecule has 19 heavy (non-hydrogen) atoms. The fourth-order valence-electron chi connectivity index (χ4n) is 2.41. The van der Waals surface area contributed by atoms with Crippen molar-refractivity contribution in [1.29, 1.82) is 0 Å². The number of carbonyl (C=O) groups is 1. The molecule has 1 aliphatic heterocycles. The molecule has 0 bridgehead atoms.